The number of aryl methyl sites for hydroxylation is 2. The summed E-state index contributed by atoms with van der Waals surface area (Å²) in [5.41, 5.74) is 5.54. The molecule has 0 saturated carbocycles. The molecular formula is C27H24ClN3O2. The molecule has 0 radical (unpaired) electrons. The monoisotopic (exact) mass is 457 g/mol. The van der Waals surface area contributed by atoms with Gasteiger partial charge in [0.2, 0.25) is 0 Å². The molecule has 2 heterocycles. The van der Waals surface area contributed by atoms with Crippen molar-refractivity contribution in [3.05, 3.63) is 116 Å². The molecule has 0 fully saturated rings. The predicted octanol–water partition coefficient (Wildman–Crippen LogP) is 5.79. The molecule has 0 unspecified atom stereocenters. The molecule has 0 aliphatic heterocycles. The van der Waals surface area contributed by atoms with Crippen molar-refractivity contribution in [3.63, 3.8) is 0 Å². The Hall–Kier alpha value is -3.70. The number of amides is 1. The van der Waals surface area contributed by atoms with Crippen LogP contribution in [0.3, 0.4) is 0 Å². The summed E-state index contributed by atoms with van der Waals surface area (Å²) in [7, 11) is 0. The highest BCUT2D eigenvalue weighted by Crippen LogP contribution is 2.26. The Morgan fingerprint density at radius 1 is 1.00 bits per heavy atom. The molecule has 0 atom stereocenters. The van der Waals surface area contributed by atoms with Gasteiger partial charge in [0.15, 0.2) is 5.43 Å². The van der Waals surface area contributed by atoms with Crippen LogP contribution in [0.4, 0.5) is 5.69 Å². The zero-order valence-electron chi connectivity index (χ0n) is 18.7. The van der Waals surface area contributed by atoms with Crippen molar-refractivity contribution in [2.45, 2.75) is 27.3 Å². The van der Waals surface area contributed by atoms with E-state index in [0.29, 0.717) is 22.9 Å². The van der Waals surface area contributed by atoms with E-state index in [1.807, 2.05) is 67.8 Å². The van der Waals surface area contributed by atoms with Crippen LogP contribution in [-0.2, 0) is 6.54 Å². The van der Waals surface area contributed by atoms with Gasteiger partial charge in [-0.15, -0.1) is 0 Å². The quantitative estimate of drug-likeness (QED) is 0.412. The zero-order chi connectivity index (χ0) is 23.5. The fourth-order valence-corrected chi connectivity index (χ4v) is 3.97. The lowest BCUT2D eigenvalue weighted by molar-refractivity contribution is 0.102. The lowest BCUT2D eigenvalue weighted by Gasteiger charge is -2.21. The van der Waals surface area contributed by atoms with Crippen molar-refractivity contribution in [2.24, 2.45) is 0 Å². The van der Waals surface area contributed by atoms with Crippen LogP contribution in [0, 0.1) is 20.8 Å². The third kappa shape index (κ3) is 4.73. The zero-order valence-corrected chi connectivity index (χ0v) is 19.5. The van der Waals surface area contributed by atoms with Gasteiger partial charge in [-0.25, -0.2) is 0 Å². The number of hydrogen-bond donors (Lipinski definition) is 1. The van der Waals surface area contributed by atoms with E-state index < -0.39 is 5.91 Å². The minimum absolute atomic E-state index is 0.0988. The second kappa shape index (κ2) is 9.43. The summed E-state index contributed by atoms with van der Waals surface area (Å²) in [6.45, 7) is 6.28. The number of carbonyl (C=O) groups is 1. The van der Waals surface area contributed by atoms with E-state index in [1.54, 1.807) is 24.5 Å². The Labute approximate surface area is 197 Å². The minimum atomic E-state index is -0.439. The standard InChI is InChI=1S/C27H24ClN3O2/c1-17-5-4-6-23(19(17)3)30-27(33)25-24(32)15-18(2)31(16-20-7-9-22(28)10-8-20)26(25)21-11-13-29-14-12-21/h4-15H,16H2,1-3H3,(H,30,33). The number of benzene rings is 2. The molecule has 0 aliphatic carbocycles. The summed E-state index contributed by atoms with van der Waals surface area (Å²) in [5, 5.41) is 3.60. The van der Waals surface area contributed by atoms with Gasteiger partial charge in [-0.05, 0) is 67.8 Å². The highest BCUT2D eigenvalue weighted by molar-refractivity contribution is 6.30. The van der Waals surface area contributed by atoms with Crippen molar-refractivity contribution < 1.29 is 4.79 Å². The molecular weight excluding hydrogens is 434 g/mol. The molecule has 0 saturated heterocycles. The highest BCUT2D eigenvalue weighted by atomic mass is 35.5. The molecule has 4 rings (SSSR count). The fraction of sp³-hybridized carbons (Fsp3) is 0.148. The molecule has 5 nitrogen and oxygen atoms in total. The van der Waals surface area contributed by atoms with Gasteiger partial charge < -0.3 is 9.88 Å². The summed E-state index contributed by atoms with van der Waals surface area (Å²) < 4.78 is 1.98. The number of carbonyl (C=O) groups excluding carboxylic acids is 1. The molecule has 0 spiro atoms. The first-order chi connectivity index (χ1) is 15.8. The molecule has 33 heavy (non-hydrogen) atoms. The Balaban J connectivity index is 1.89. The molecule has 2 aromatic carbocycles. The van der Waals surface area contributed by atoms with Crippen LogP contribution in [0.2, 0.25) is 5.02 Å². The van der Waals surface area contributed by atoms with Gasteiger partial charge >= 0.3 is 0 Å². The van der Waals surface area contributed by atoms with E-state index in [9.17, 15) is 9.59 Å². The topological polar surface area (TPSA) is 64.0 Å². The molecule has 1 N–H and O–H groups in total. The maximum Gasteiger partial charge on any atom is 0.261 e. The van der Waals surface area contributed by atoms with E-state index in [-0.39, 0.29) is 11.0 Å². The smallest absolute Gasteiger partial charge is 0.261 e. The van der Waals surface area contributed by atoms with E-state index in [1.165, 1.54) is 6.07 Å². The number of hydrogen-bond acceptors (Lipinski definition) is 3. The van der Waals surface area contributed by atoms with Crippen LogP contribution in [0.5, 0.6) is 0 Å². The Bertz CT molecular complexity index is 1380. The van der Waals surface area contributed by atoms with Gasteiger partial charge in [-0.2, -0.15) is 0 Å². The van der Waals surface area contributed by atoms with E-state index in [0.717, 1.165) is 27.9 Å². The SMILES string of the molecule is Cc1cccc(NC(=O)c2c(-c3ccncc3)n(Cc3ccc(Cl)cc3)c(C)cc2=O)c1C. The number of rotatable bonds is 5. The van der Waals surface area contributed by atoms with Crippen molar-refractivity contribution in [1.82, 2.24) is 9.55 Å². The number of nitrogens with zero attached hydrogens (tertiary/aromatic N) is 2. The number of halogens is 1. The number of nitrogens with one attached hydrogen (secondary N) is 1. The summed E-state index contributed by atoms with van der Waals surface area (Å²) in [6, 6.07) is 18.4. The third-order valence-electron chi connectivity index (χ3n) is 5.81. The average molecular weight is 458 g/mol. The summed E-state index contributed by atoms with van der Waals surface area (Å²) in [5.74, 6) is -0.439. The summed E-state index contributed by atoms with van der Waals surface area (Å²) in [4.78, 5) is 30.8. The molecule has 1 amide bonds. The molecule has 4 aromatic rings. The number of anilines is 1. The summed E-state index contributed by atoms with van der Waals surface area (Å²) >= 11 is 6.05. The third-order valence-corrected chi connectivity index (χ3v) is 6.06. The number of pyridine rings is 2. The lowest BCUT2D eigenvalue weighted by Crippen LogP contribution is -2.27. The second-order valence-corrected chi connectivity index (χ2v) is 8.46. The van der Waals surface area contributed by atoms with Crippen LogP contribution < -0.4 is 10.7 Å². The predicted molar refractivity (Wildman–Crippen MR) is 133 cm³/mol. The normalized spacial score (nSPS) is 10.8. The largest absolute Gasteiger partial charge is 0.340 e. The molecule has 166 valence electrons. The fourth-order valence-electron chi connectivity index (χ4n) is 3.84. The van der Waals surface area contributed by atoms with E-state index in [2.05, 4.69) is 10.3 Å². The molecule has 0 bridgehead atoms. The van der Waals surface area contributed by atoms with Gasteiger partial charge in [0.25, 0.3) is 5.91 Å². The van der Waals surface area contributed by atoms with Gasteiger partial charge in [0.05, 0.1) is 5.69 Å². The maximum absolute atomic E-state index is 13.5. The van der Waals surface area contributed by atoms with Gasteiger partial charge in [-0.3, -0.25) is 14.6 Å². The molecule has 2 aromatic heterocycles. The van der Waals surface area contributed by atoms with Gasteiger partial charge in [-0.1, -0.05) is 35.9 Å². The van der Waals surface area contributed by atoms with E-state index in [4.69, 9.17) is 11.6 Å². The van der Waals surface area contributed by atoms with Crippen molar-refractivity contribution in [2.75, 3.05) is 5.32 Å². The Morgan fingerprint density at radius 3 is 2.39 bits per heavy atom. The van der Waals surface area contributed by atoms with Gasteiger partial charge in [0.1, 0.15) is 5.56 Å². The van der Waals surface area contributed by atoms with Crippen LogP contribution >= 0.6 is 11.6 Å². The molecule has 6 heteroatoms. The van der Waals surface area contributed by atoms with Crippen LogP contribution in [0.1, 0.15) is 32.7 Å². The first kappa shape index (κ1) is 22.5. The van der Waals surface area contributed by atoms with Crippen LogP contribution in [0.15, 0.2) is 77.9 Å². The first-order valence-corrected chi connectivity index (χ1v) is 11.0. The number of aromatic nitrogens is 2. The first-order valence-electron chi connectivity index (χ1n) is 10.6. The van der Waals surface area contributed by atoms with E-state index >= 15 is 0 Å². The summed E-state index contributed by atoms with van der Waals surface area (Å²) in [6.07, 6.45) is 3.31. The van der Waals surface area contributed by atoms with Crippen molar-refractivity contribution in [3.8, 4) is 11.3 Å². The highest BCUT2D eigenvalue weighted by Gasteiger charge is 2.22. The van der Waals surface area contributed by atoms with Crippen LogP contribution in [-0.4, -0.2) is 15.5 Å². The average Bonchev–Trinajstić information content (AvgIpc) is 2.80. The maximum atomic E-state index is 13.5. The molecule has 0 aliphatic rings. The Kier molecular flexibility index (Phi) is 6.43. The van der Waals surface area contributed by atoms with Crippen molar-refractivity contribution >= 4 is 23.2 Å². The van der Waals surface area contributed by atoms with Crippen LogP contribution in [0.25, 0.3) is 11.3 Å². The van der Waals surface area contributed by atoms with Crippen molar-refractivity contribution in [1.29, 1.82) is 0 Å². The second-order valence-electron chi connectivity index (χ2n) is 8.02. The van der Waals surface area contributed by atoms with Gasteiger partial charge in [0, 0.05) is 47.0 Å². The Morgan fingerprint density at radius 2 is 1.70 bits per heavy atom. The lowest BCUT2D eigenvalue weighted by atomic mass is 10.0. The minimum Gasteiger partial charge on any atom is -0.340 e.